The Balaban J connectivity index is 2.42. The quantitative estimate of drug-likeness (QED) is 0.765. The van der Waals surface area contributed by atoms with Crippen molar-refractivity contribution in [3.8, 4) is 0 Å². The van der Waals surface area contributed by atoms with E-state index >= 15 is 0 Å². The molecule has 17 heavy (non-hydrogen) atoms. The van der Waals surface area contributed by atoms with Crippen molar-refractivity contribution < 1.29 is 13.9 Å². The molecule has 0 atom stereocenters. The Hall–Kier alpha value is -1.17. The van der Waals surface area contributed by atoms with E-state index in [4.69, 9.17) is 16.3 Å². The summed E-state index contributed by atoms with van der Waals surface area (Å²) in [4.78, 5) is 11.4. The van der Waals surface area contributed by atoms with Crippen molar-refractivity contribution >= 4 is 23.2 Å². The molecule has 0 fully saturated rings. The molecule has 1 aromatic rings. The second kappa shape index (κ2) is 7.21. The number of halogens is 2. The van der Waals surface area contributed by atoms with Gasteiger partial charge in [-0.2, -0.15) is 0 Å². The maximum atomic E-state index is 12.9. The third-order valence-electron chi connectivity index (χ3n) is 1.97. The van der Waals surface area contributed by atoms with Gasteiger partial charge in [0.1, 0.15) is 5.82 Å². The fraction of sp³-hybridized carbons (Fsp3) is 0.364. The Kier molecular flexibility index (Phi) is 5.90. The van der Waals surface area contributed by atoms with E-state index in [1.807, 2.05) is 0 Å². The van der Waals surface area contributed by atoms with Crippen LogP contribution in [0.5, 0.6) is 0 Å². The lowest BCUT2D eigenvalue weighted by Gasteiger charge is -2.08. The molecule has 0 saturated heterocycles. The van der Waals surface area contributed by atoms with E-state index in [1.54, 1.807) is 7.11 Å². The highest BCUT2D eigenvalue weighted by Crippen LogP contribution is 2.21. The molecule has 0 spiro atoms. The summed E-state index contributed by atoms with van der Waals surface area (Å²) in [5.41, 5.74) is 0.269. The summed E-state index contributed by atoms with van der Waals surface area (Å²) in [5, 5.41) is 5.68. The van der Waals surface area contributed by atoms with Crippen LogP contribution in [0.3, 0.4) is 0 Å². The van der Waals surface area contributed by atoms with Crippen molar-refractivity contribution in [1.82, 2.24) is 5.32 Å². The number of anilines is 1. The molecule has 0 aromatic heterocycles. The second-order valence-corrected chi connectivity index (χ2v) is 3.75. The molecule has 0 aliphatic carbocycles. The van der Waals surface area contributed by atoms with E-state index in [0.29, 0.717) is 18.2 Å². The Morgan fingerprint density at radius 1 is 1.53 bits per heavy atom. The number of amides is 1. The molecular formula is C11H14ClFN2O2. The van der Waals surface area contributed by atoms with Crippen LogP contribution < -0.4 is 10.6 Å². The van der Waals surface area contributed by atoms with E-state index in [2.05, 4.69) is 10.6 Å². The van der Waals surface area contributed by atoms with Gasteiger partial charge in [0.25, 0.3) is 0 Å². The zero-order valence-electron chi connectivity index (χ0n) is 9.43. The molecule has 0 radical (unpaired) electrons. The van der Waals surface area contributed by atoms with Gasteiger partial charge >= 0.3 is 0 Å². The minimum Gasteiger partial charge on any atom is -0.383 e. The van der Waals surface area contributed by atoms with Crippen LogP contribution in [0.25, 0.3) is 0 Å². The van der Waals surface area contributed by atoms with Gasteiger partial charge in [-0.15, -0.1) is 0 Å². The van der Waals surface area contributed by atoms with Crippen molar-refractivity contribution in [2.45, 2.75) is 0 Å². The fourth-order valence-corrected chi connectivity index (χ4v) is 1.33. The highest BCUT2D eigenvalue weighted by Gasteiger charge is 2.06. The van der Waals surface area contributed by atoms with Gasteiger partial charge in [-0.05, 0) is 18.2 Å². The monoisotopic (exact) mass is 260 g/mol. The van der Waals surface area contributed by atoms with Crippen LogP contribution in [-0.4, -0.2) is 32.7 Å². The summed E-state index contributed by atoms with van der Waals surface area (Å²) in [5.74, 6) is -0.731. The minimum atomic E-state index is -0.447. The summed E-state index contributed by atoms with van der Waals surface area (Å²) in [6.45, 7) is 1.21. The SMILES string of the molecule is COCCNCC(=O)Nc1cc(F)ccc1Cl. The van der Waals surface area contributed by atoms with Crippen molar-refractivity contribution in [3.63, 3.8) is 0 Å². The average Bonchev–Trinajstić information content (AvgIpc) is 2.29. The number of benzene rings is 1. The number of hydrogen-bond donors (Lipinski definition) is 2. The summed E-state index contributed by atoms with van der Waals surface area (Å²) in [7, 11) is 1.58. The van der Waals surface area contributed by atoms with Crippen LogP contribution >= 0.6 is 11.6 Å². The first-order valence-electron chi connectivity index (χ1n) is 5.08. The van der Waals surface area contributed by atoms with Gasteiger partial charge in [-0.3, -0.25) is 4.79 Å². The standard InChI is InChI=1S/C11H14ClFN2O2/c1-17-5-4-14-7-11(16)15-10-6-8(13)2-3-9(10)12/h2-3,6,14H,4-5,7H2,1H3,(H,15,16). The summed E-state index contributed by atoms with van der Waals surface area (Å²) in [6.07, 6.45) is 0. The zero-order chi connectivity index (χ0) is 12.7. The second-order valence-electron chi connectivity index (χ2n) is 3.34. The van der Waals surface area contributed by atoms with Gasteiger partial charge in [-0.25, -0.2) is 4.39 Å². The molecule has 94 valence electrons. The van der Waals surface area contributed by atoms with Gasteiger partial charge < -0.3 is 15.4 Å². The first-order valence-corrected chi connectivity index (χ1v) is 5.46. The maximum Gasteiger partial charge on any atom is 0.238 e. The molecule has 1 rings (SSSR count). The molecule has 1 aromatic carbocycles. The topological polar surface area (TPSA) is 50.4 Å². The normalized spacial score (nSPS) is 10.3. The first kappa shape index (κ1) is 13.9. The maximum absolute atomic E-state index is 12.9. The molecule has 1 amide bonds. The fourth-order valence-electron chi connectivity index (χ4n) is 1.16. The number of nitrogens with one attached hydrogen (secondary N) is 2. The lowest BCUT2D eigenvalue weighted by molar-refractivity contribution is -0.115. The molecule has 4 nitrogen and oxygen atoms in total. The van der Waals surface area contributed by atoms with E-state index in [-0.39, 0.29) is 18.1 Å². The van der Waals surface area contributed by atoms with Crippen molar-refractivity contribution in [2.75, 3.05) is 32.1 Å². The molecule has 2 N–H and O–H groups in total. The van der Waals surface area contributed by atoms with Crippen molar-refractivity contribution in [3.05, 3.63) is 29.0 Å². The largest absolute Gasteiger partial charge is 0.383 e. The Morgan fingerprint density at radius 3 is 3.00 bits per heavy atom. The predicted octanol–water partition coefficient (Wildman–Crippen LogP) is 1.65. The van der Waals surface area contributed by atoms with E-state index < -0.39 is 5.82 Å². The third-order valence-corrected chi connectivity index (χ3v) is 2.30. The lowest BCUT2D eigenvalue weighted by Crippen LogP contribution is -2.30. The molecular weight excluding hydrogens is 247 g/mol. The van der Waals surface area contributed by atoms with Gasteiger partial charge in [0.2, 0.25) is 5.91 Å². The molecule has 0 heterocycles. The van der Waals surface area contributed by atoms with E-state index in [9.17, 15) is 9.18 Å². The van der Waals surface area contributed by atoms with Crippen LogP contribution in [0.15, 0.2) is 18.2 Å². The van der Waals surface area contributed by atoms with Crippen LogP contribution in [-0.2, 0) is 9.53 Å². The van der Waals surface area contributed by atoms with E-state index in [1.165, 1.54) is 18.2 Å². The minimum absolute atomic E-state index is 0.121. The molecule has 0 bridgehead atoms. The number of carbonyl (C=O) groups excluding carboxylic acids is 1. The van der Waals surface area contributed by atoms with Crippen molar-refractivity contribution in [1.29, 1.82) is 0 Å². The Bertz CT molecular complexity index is 388. The van der Waals surface area contributed by atoms with Crippen LogP contribution in [0.1, 0.15) is 0 Å². The highest BCUT2D eigenvalue weighted by atomic mass is 35.5. The molecule has 0 saturated carbocycles. The first-order chi connectivity index (χ1) is 8.13. The molecule has 0 aliphatic heterocycles. The zero-order valence-corrected chi connectivity index (χ0v) is 10.2. The summed E-state index contributed by atoms with van der Waals surface area (Å²) >= 11 is 5.80. The van der Waals surface area contributed by atoms with E-state index in [0.717, 1.165) is 0 Å². The molecule has 0 aliphatic rings. The van der Waals surface area contributed by atoms with Gasteiger partial charge in [0, 0.05) is 13.7 Å². The molecule has 0 unspecified atom stereocenters. The van der Waals surface area contributed by atoms with Crippen LogP contribution in [0, 0.1) is 5.82 Å². The lowest BCUT2D eigenvalue weighted by atomic mass is 10.3. The van der Waals surface area contributed by atoms with Gasteiger partial charge in [0.15, 0.2) is 0 Å². The number of rotatable bonds is 6. The van der Waals surface area contributed by atoms with Crippen molar-refractivity contribution in [2.24, 2.45) is 0 Å². The summed E-state index contributed by atoms with van der Waals surface area (Å²) in [6, 6.07) is 3.80. The average molecular weight is 261 g/mol. The smallest absolute Gasteiger partial charge is 0.238 e. The Labute approximate surface area is 104 Å². The number of carbonyl (C=O) groups is 1. The number of methoxy groups -OCH3 is 1. The van der Waals surface area contributed by atoms with Crippen LogP contribution in [0.2, 0.25) is 5.02 Å². The molecule has 6 heteroatoms. The van der Waals surface area contributed by atoms with Gasteiger partial charge in [-0.1, -0.05) is 11.6 Å². The predicted molar refractivity (Wildman–Crippen MR) is 64.8 cm³/mol. The summed E-state index contributed by atoms with van der Waals surface area (Å²) < 4.78 is 17.7. The number of hydrogen-bond acceptors (Lipinski definition) is 3. The Morgan fingerprint density at radius 2 is 2.29 bits per heavy atom. The van der Waals surface area contributed by atoms with Crippen LogP contribution in [0.4, 0.5) is 10.1 Å². The van der Waals surface area contributed by atoms with Gasteiger partial charge in [0.05, 0.1) is 23.9 Å². The highest BCUT2D eigenvalue weighted by molar-refractivity contribution is 6.33. The third kappa shape index (κ3) is 5.12. The number of ether oxygens (including phenoxy) is 1.